The minimum absolute atomic E-state index is 0.112. The second-order valence-corrected chi connectivity index (χ2v) is 5.90. The van der Waals surface area contributed by atoms with Gasteiger partial charge in [-0.05, 0) is 23.6 Å². The standard InChI is InChI=1S/C13H16ClN3O/c1-13(2,3)7-11-16-12(18-17-11)9-6-8(15)4-5-10(9)14/h4-6H,7,15H2,1-3H3. The summed E-state index contributed by atoms with van der Waals surface area (Å²) in [5.74, 6) is 1.09. The smallest absolute Gasteiger partial charge is 0.259 e. The van der Waals surface area contributed by atoms with Crippen LogP contribution in [0, 0.1) is 5.41 Å². The summed E-state index contributed by atoms with van der Waals surface area (Å²) >= 11 is 6.09. The van der Waals surface area contributed by atoms with Gasteiger partial charge in [-0.25, -0.2) is 0 Å². The van der Waals surface area contributed by atoms with E-state index in [0.29, 0.717) is 28.0 Å². The lowest BCUT2D eigenvalue weighted by Crippen LogP contribution is -2.10. The molecule has 0 fully saturated rings. The Morgan fingerprint density at radius 1 is 1.33 bits per heavy atom. The minimum atomic E-state index is 0.112. The highest BCUT2D eigenvalue weighted by Gasteiger charge is 2.18. The molecule has 96 valence electrons. The van der Waals surface area contributed by atoms with Crippen LogP contribution in [0.1, 0.15) is 26.6 Å². The number of benzene rings is 1. The molecule has 2 rings (SSSR count). The fourth-order valence-electron chi connectivity index (χ4n) is 1.62. The summed E-state index contributed by atoms with van der Waals surface area (Å²) in [6.07, 6.45) is 0.746. The Kier molecular flexibility index (Phi) is 3.30. The van der Waals surface area contributed by atoms with Crippen molar-refractivity contribution in [1.82, 2.24) is 10.1 Å². The fourth-order valence-corrected chi connectivity index (χ4v) is 1.81. The van der Waals surface area contributed by atoms with Gasteiger partial charge in [0.05, 0.1) is 10.6 Å². The number of aromatic nitrogens is 2. The zero-order valence-electron chi connectivity index (χ0n) is 10.7. The predicted molar refractivity (Wildman–Crippen MR) is 72.3 cm³/mol. The van der Waals surface area contributed by atoms with Crippen LogP contribution in [0.5, 0.6) is 0 Å². The summed E-state index contributed by atoms with van der Waals surface area (Å²) in [7, 11) is 0. The third-order valence-corrected chi connectivity index (χ3v) is 2.71. The number of anilines is 1. The lowest BCUT2D eigenvalue weighted by molar-refractivity contribution is 0.374. The maximum atomic E-state index is 6.09. The molecule has 0 spiro atoms. The van der Waals surface area contributed by atoms with Gasteiger partial charge in [0.1, 0.15) is 0 Å². The van der Waals surface area contributed by atoms with Gasteiger partial charge in [0.2, 0.25) is 0 Å². The first-order valence-electron chi connectivity index (χ1n) is 5.73. The average molecular weight is 266 g/mol. The first-order chi connectivity index (χ1) is 8.35. The summed E-state index contributed by atoms with van der Waals surface area (Å²) < 4.78 is 5.23. The summed E-state index contributed by atoms with van der Waals surface area (Å²) in [4.78, 5) is 4.35. The molecule has 0 aliphatic rings. The van der Waals surface area contributed by atoms with E-state index in [9.17, 15) is 0 Å². The zero-order valence-corrected chi connectivity index (χ0v) is 11.5. The number of nitrogens with zero attached hydrogens (tertiary/aromatic N) is 2. The first kappa shape index (κ1) is 12.9. The Balaban J connectivity index is 2.32. The number of rotatable bonds is 2. The van der Waals surface area contributed by atoms with Crippen molar-refractivity contribution in [2.24, 2.45) is 5.41 Å². The van der Waals surface area contributed by atoms with Crippen molar-refractivity contribution < 1.29 is 4.52 Å². The molecule has 0 bridgehead atoms. The molecule has 1 aromatic heterocycles. The maximum absolute atomic E-state index is 6.09. The minimum Gasteiger partial charge on any atom is -0.399 e. The van der Waals surface area contributed by atoms with Crippen molar-refractivity contribution in [3.63, 3.8) is 0 Å². The molecule has 0 saturated heterocycles. The summed E-state index contributed by atoms with van der Waals surface area (Å²) in [6, 6.07) is 5.19. The summed E-state index contributed by atoms with van der Waals surface area (Å²) in [6.45, 7) is 6.36. The molecule has 0 saturated carbocycles. The van der Waals surface area contributed by atoms with E-state index in [1.807, 2.05) is 0 Å². The molecule has 0 aliphatic carbocycles. The molecule has 4 nitrogen and oxygen atoms in total. The number of hydrogen-bond acceptors (Lipinski definition) is 4. The molecular weight excluding hydrogens is 250 g/mol. The van der Waals surface area contributed by atoms with Gasteiger partial charge in [0.25, 0.3) is 5.89 Å². The molecule has 0 unspecified atom stereocenters. The molecule has 0 atom stereocenters. The zero-order chi connectivity index (χ0) is 13.3. The normalized spacial score (nSPS) is 11.8. The molecule has 18 heavy (non-hydrogen) atoms. The monoisotopic (exact) mass is 265 g/mol. The molecule has 1 heterocycles. The van der Waals surface area contributed by atoms with Gasteiger partial charge in [-0.3, -0.25) is 0 Å². The van der Waals surface area contributed by atoms with Crippen molar-refractivity contribution in [3.8, 4) is 11.5 Å². The van der Waals surface area contributed by atoms with E-state index in [1.165, 1.54) is 0 Å². The Morgan fingerprint density at radius 2 is 2.06 bits per heavy atom. The van der Waals surface area contributed by atoms with Crippen LogP contribution >= 0.6 is 11.6 Å². The second-order valence-electron chi connectivity index (χ2n) is 5.49. The molecule has 2 aromatic rings. The predicted octanol–water partition coefficient (Wildman–Crippen LogP) is 3.56. The van der Waals surface area contributed by atoms with E-state index >= 15 is 0 Å². The molecule has 0 radical (unpaired) electrons. The number of nitrogens with two attached hydrogens (primary N) is 1. The van der Waals surface area contributed by atoms with Crippen LogP contribution in [0.2, 0.25) is 5.02 Å². The van der Waals surface area contributed by atoms with Crippen LogP contribution in [0.4, 0.5) is 5.69 Å². The highest BCUT2D eigenvalue weighted by molar-refractivity contribution is 6.33. The van der Waals surface area contributed by atoms with E-state index in [-0.39, 0.29) is 5.41 Å². The molecular formula is C13H16ClN3O. The van der Waals surface area contributed by atoms with Crippen molar-refractivity contribution >= 4 is 17.3 Å². The van der Waals surface area contributed by atoms with Gasteiger partial charge in [-0.15, -0.1) is 0 Å². The van der Waals surface area contributed by atoms with Gasteiger partial charge in [-0.1, -0.05) is 37.5 Å². The number of halogens is 1. The largest absolute Gasteiger partial charge is 0.399 e. The lowest BCUT2D eigenvalue weighted by Gasteiger charge is -2.14. The van der Waals surface area contributed by atoms with E-state index in [0.717, 1.165) is 6.42 Å². The average Bonchev–Trinajstić information content (AvgIpc) is 2.67. The quantitative estimate of drug-likeness (QED) is 0.843. The van der Waals surface area contributed by atoms with E-state index in [2.05, 4.69) is 30.9 Å². The van der Waals surface area contributed by atoms with Crippen LogP contribution in [0.15, 0.2) is 22.7 Å². The number of hydrogen-bond donors (Lipinski definition) is 1. The molecule has 0 amide bonds. The van der Waals surface area contributed by atoms with Crippen molar-refractivity contribution in [2.75, 3.05) is 5.73 Å². The second kappa shape index (κ2) is 4.61. The third-order valence-electron chi connectivity index (χ3n) is 2.38. The molecule has 1 aromatic carbocycles. The Labute approximate surface area is 111 Å². The van der Waals surface area contributed by atoms with Crippen LogP contribution in [0.25, 0.3) is 11.5 Å². The Bertz CT molecular complexity index is 558. The van der Waals surface area contributed by atoms with Crippen molar-refractivity contribution in [1.29, 1.82) is 0 Å². The maximum Gasteiger partial charge on any atom is 0.259 e. The lowest BCUT2D eigenvalue weighted by atomic mass is 9.92. The van der Waals surface area contributed by atoms with E-state index < -0.39 is 0 Å². The fraction of sp³-hybridized carbons (Fsp3) is 0.385. The Morgan fingerprint density at radius 3 is 2.72 bits per heavy atom. The van der Waals surface area contributed by atoms with E-state index in [4.69, 9.17) is 21.9 Å². The van der Waals surface area contributed by atoms with Gasteiger partial charge in [-0.2, -0.15) is 4.98 Å². The topological polar surface area (TPSA) is 64.9 Å². The van der Waals surface area contributed by atoms with Gasteiger partial charge in [0, 0.05) is 12.1 Å². The third kappa shape index (κ3) is 3.01. The molecule has 2 N–H and O–H groups in total. The molecule has 5 heteroatoms. The number of nitrogen functional groups attached to an aromatic ring is 1. The van der Waals surface area contributed by atoms with Crippen LogP contribution in [-0.2, 0) is 6.42 Å². The van der Waals surface area contributed by atoms with Gasteiger partial charge < -0.3 is 10.3 Å². The summed E-state index contributed by atoms with van der Waals surface area (Å²) in [5.41, 5.74) is 7.12. The van der Waals surface area contributed by atoms with Gasteiger partial charge >= 0.3 is 0 Å². The SMILES string of the molecule is CC(C)(C)Cc1noc(-c2cc(N)ccc2Cl)n1. The molecule has 0 aliphatic heterocycles. The van der Waals surface area contributed by atoms with Crippen molar-refractivity contribution in [3.05, 3.63) is 29.0 Å². The van der Waals surface area contributed by atoms with Crippen LogP contribution in [0.3, 0.4) is 0 Å². The van der Waals surface area contributed by atoms with Crippen molar-refractivity contribution in [2.45, 2.75) is 27.2 Å². The van der Waals surface area contributed by atoms with Crippen LogP contribution in [-0.4, -0.2) is 10.1 Å². The summed E-state index contributed by atoms with van der Waals surface area (Å²) in [5, 5.41) is 4.51. The first-order valence-corrected chi connectivity index (χ1v) is 6.11. The van der Waals surface area contributed by atoms with E-state index in [1.54, 1.807) is 18.2 Å². The Hall–Kier alpha value is -1.55. The van der Waals surface area contributed by atoms with Crippen LogP contribution < -0.4 is 5.73 Å². The highest BCUT2D eigenvalue weighted by atomic mass is 35.5. The van der Waals surface area contributed by atoms with Gasteiger partial charge in [0.15, 0.2) is 5.82 Å². The highest BCUT2D eigenvalue weighted by Crippen LogP contribution is 2.29.